The minimum atomic E-state index is -0.244. The third-order valence-corrected chi connectivity index (χ3v) is 2.69. The molecular weight excluding hydrogens is 191 g/mol. The Hall–Kier alpha value is -1.25. The van der Waals surface area contributed by atoms with Gasteiger partial charge in [0.1, 0.15) is 5.82 Å². The Balaban J connectivity index is 2.24. The third-order valence-electron chi connectivity index (χ3n) is 2.69. The van der Waals surface area contributed by atoms with E-state index in [2.05, 4.69) is 11.8 Å². The van der Waals surface area contributed by atoms with Crippen molar-refractivity contribution in [2.75, 3.05) is 17.2 Å². The van der Waals surface area contributed by atoms with Gasteiger partial charge in [0.2, 0.25) is 0 Å². The smallest absolute Gasteiger partial charge is 0.127 e. The zero-order valence-electron chi connectivity index (χ0n) is 9.04. The van der Waals surface area contributed by atoms with E-state index in [1.54, 1.807) is 6.07 Å². The van der Waals surface area contributed by atoms with Crippen LogP contribution in [0.1, 0.15) is 26.2 Å². The van der Waals surface area contributed by atoms with E-state index < -0.39 is 0 Å². The number of rotatable bonds is 4. The highest BCUT2D eigenvalue weighted by Crippen LogP contribution is 2.32. The van der Waals surface area contributed by atoms with Gasteiger partial charge in [-0.3, -0.25) is 0 Å². The van der Waals surface area contributed by atoms with Crippen molar-refractivity contribution in [2.45, 2.75) is 32.2 Å². The van der Waals surface area contributed by atoms with E-state index in [-0.39, 0.29) is 5.82 Å². The number of nitrogens with two attached hydrogens (primary N) is 1. The Morgan fingerprint density at radius 1 is 1.40 bits per heavy atom. The van der Waals surface area contributed by atoms with Crippen LogP contribution in [0, 0.1) is 5.82 Å². The molecule has 3 heteroatoms. The van der Waals surface area contributed by atoms with Crippen molar-refractivity contribution >= 4 is 11.4 Å². The van der Waals surface area contributed by atoms with E-state index >= 15 is 0 Å². The molecule has 1 aliphatic rings. The number of hydrogen-bond donors (Lipinski definition) is 1. The highest BCUT2D eigenvalue weighted by Gasteiger charge is 2.28. The van der Waals surface area contributed by atoms with Crippen LogP contribution >= 0.6 is 0 Å². The summed E-state index contributed by atoms with van der Waals surface area (Å²) in [5.74, 6) is -0.244. The third kappa shape index (κ3) is 2.41. The second-order valence-electron chi connectivity index (χ2n) is 4.17. The molecule has 0 aliphatic heterocycles. The lowest BCUT2D eigenvalue weighted by Gasteiger charge is -2.24. The first-order chi connectivity index (χ1) is 7.20. The first kappa shape index (κ1) is 10.3. The normalized spacial score (nSPS) is 15.3. The van der Waals surface area contributed by atoms with Gasteiger partial charge in [-0.25, -0.2) is 4.39 Å². The summed E-state index contributed by atoms with van der Waals surface area (Å²) < 4.78 is 13.2. The summed E-state index contributed by atoms with van der Waals surface area (Å²) in [4.78, 5) is 2.26. The fraction of sp³-hybridized carbons (Fsp3) is 0.500. The number of hydrogen-bond acceptors (Lipinski definition) is 2. The molecule has 0 amide bonds. The first-order valence-corrected chi connectivity index (χ1v) is 5.53. The summed E-state index contributed by atoms with van der Waals surface area (Å²) in [7, 11) is 0. The highest BCUT2D eigenvalue weighted by molar-refractivity contribution is 5.57. The van der Waals surface area contributed by atoms with Gasteiger partial charge >= 0.3 is 0 Å². The Kier molecular flexibility index (Phi) is 2.80. The molecule has 1 fully saturated rings. The molecule has 1 aromatic carbocycles. The molecule has 0 heterocycles. The maximum atomic E-state index is 13.2. The maximum Gasteiger partial charge on any atom is 0.127 e. The molecule has 0 spiro atoms. The van der Waals surface area contributed by atoms with E-state index in [4.69, 9.17) is 5.73 Å². The molecule has 82 valence electrons. The lowest BCUT2D eigenvalue weighted by Crippen LogP contribution is -2.26. The van der Waals surface area contributed by atoms with Gasteiger partial charge in [0.05, 0.1) is 0 Å². The molecular formula is C12H17FN2. The average molecular weight is 208 g/mol. The van der Waals surface area contributed by atoms with Crippen molar-refractivity contribution in [1.82, 2.24) is 0 Å². The molecule has 0 unspecified atom stereocenters. The van der Waals surface area contributed by atoms with Gasteiger partial charge in [0.25, 0.3) is 0 Å². The number of nitrogen functional groups attached to an aromatic ring is 1. The Bertz CT molecular complexity index is 327. The SMILES string of the molecule is CCCN(c1cc(N)cc(F)c1)C1CC1. The Morgan fingerprint density at radius 3 is 2.67 bits per heavy atom. The van der Waals surface area contributed by atoms with Gasteiger partial charge in [-0.2, -0.15) is 0 Å². The summed E-state index contributed by atoms with van der Waals surface area (Å²) in [5.41, 5.74) is 7.08. The summed E-state index contributed by atoms with van der Waals surface area (Å²) in [6, 6.07) is 5.40. The van der Waals surface area contributed by atoms with Crippen molar-refractivity contribution < 1.29 is 4.39 Å². The second kappa shape index (κ2) is 4.09. The lowest BCUT2D eigenvalue weighted by molar-refractivity contribution is 0.626. The molecule has 0 radical (unpaired) electrons. The molecule has 1 saturated carbocycles. The molecule has 0 aromatic heterocycles. The van der Waals surface area contributed by atoms with Crippen LogP contribution in [0.4, 0.5) is 15.8 Å². The van der Waals surface area contributed by atoms with Crippen molar-refractivity contribution in [3.63, 3.8) is 0 Å². The van der Waals surface area contributed by atoms with Crippen LogP contribution in [0.15, 0.2) is 18.2 Å². The standard InChI is InChI=1S/C12H17FN2/c1-2-5-15(11-3-4-11)12-7-9(13)6-10(14)8-12/h6-8,11H,2-5,14H2,1H3. The summed E-state index contributed by atoms with van der Waals surface area (Å²) in [6.45, 7) is 3.12. The molecule has 0 saturated heterocycles. The second-order valence-corrected chi connectivity index (χ2v) is 4.17. The molecule has 2 N–H and O–H groups in total. The van der Waals surface area contributed by atoms with Gasteiger partial charge < -0.3 is 10.6 Å². The van der Waals surface area contributed by atoms with Gasteiger partial charge in [0.15, 0.2) is 0 Å². The number of anilines is 2. The van der Waals surface area contributed by atoms with E-state index in [1.807, 2.05) is 6.07 Å². The van der Waals surface area contributed by atoms with Crippen LogP contribution in [-0.2, 0) is 0 Å². The quantitative estimate of drug-likeness (QED) is 0.771. The minimum Gasteiger partial charge on any atom is -0.399 e. The van der Waals surface area contributed by atoms with Gasteiger partial charge in [-0.1, -0.05) is 6.92 Å². The monoisotopic (exact) mass is 208 g/mol. The van der Waals surface area contributed by atoms with Crippen LogP contribution in [0.5, 0.6) is 0 Å². The van der Waals surface area contributed by atoms with Gasteiger partial charge in [-0.05, 0) is 37.5 Å². The van der Waals surface area contributed by atoms with E-state index in [1.165, 1.54) is 18.9 Å². The predicted octanol–water partition coefficient (Wildman–Crippen LogP) is 2.79. The molecule has 1 aromatic rings. The van der Waals surface area contributed by atoms with Crippen molar-refractivity contribution in [3.8, 4) is 0 Å². The summed E-state index contributed by atoms with van der Waals surface area (Å²) in [6.07, 6.45) is 3.51. The Labute approximate surface area is 89.9 Å². The van der Waals surface area contributed by atoms with E-state index in [0.29, 0.717) is 11.7 Å². The predicted molar refractivity (Wildman–Crippen MR) is 61.5 cm³/mol. The van der Waals surface area contributed by atoms with Gasteiger partial charge in [0, 0.05) is 24.0 Å². The van der Waals surface area contributed by atoms with Crippen molar-refractivity contribution in [1.29, 1.82) is 0 Å². The fourth-order valence-corrected chi connectivity index (χ4v) is 1.91. The van der Waals surface area contributed by atoms with Crippen molar-refractivity contribution in [3.05, 3.63) is 24.0 Å². The van der Waals surface area contributed by atoms with E-state index in [0.717, 1.165) is 18.7 Å². The average Bonchev–Trinajstić information content (AvgIpc) is 2.95. The van der Waals surface area contributed by atoms with Crippen LogP contribution in [-0.4, -0.2) is 12.6 Å². The molecule has 15 heavy (non-hydrogen) atoms. The lowest BCUT2D eigenvalue weighted by atomic mass is 10.2. The summed E-state index contributed by atoms with van der Waals surface area (Å²) >= 11 is 0. The van der Waals surface area contributed by atoms with Crippen LogP contribution in [0.2, 0.25) is 0 Å². The zero-order chi connectivity index (χ0) is 10.8. The van der Waals surface area contributed by atoms with Crippen LogP contribution in [0.3, 0.4) is 0 Å². The topological polar surface area (TPSA) is 29.3 Å². The molecule has 0 bridgehead atoms. The van der Waals surface area contributed by atoms with Gasteiger partial charge in [-0.15, -0.1) is 0 Å². The highest BCUT2D eigenvalue weighted by atomic mass is 19.1. The maximum absolute atomic E-state index is 13.2. The van der Waals surface area contributed by atoms with Crippen molar-refractivity contribution in [2.24, 2.45) is 0 Å². The van der Waals surface area contributed by atoms with Crippen LogP contribution in [0.25, 0.3) is 0 Å². The number of halogens is 1. The fourth-order valence-electron chi connectivity index (χ4n) is 1.91. The molecule has 1 aliphatic carbocycles. The Morgan fingerprint density at radius 2 is 2.13 bits per heavy atom. The molecule has 0 atom stereocenters. The zero-order valence-corrected chi connectivity index (χ0v) is 9.04. The first-order valence-electron chi connectivity index (χ1n) is 5.53. The molecule has 2 rings (SSSR count). The number of benzene rings is 1. The summed E-state index contributed by atoms with van der Waals surface area (Å²) in [5, 5.41) is 0. The number of nitrogens with zero attached hydrogens (tertiary/aromatic N) is 1. The minimum absolute atomic E-state index is 0.244. The van der Waals surface area contributed by atoms with E-state index in [9.17, 15) is 4.39 Å². The van der Waals surface area contributed by atoms with Crippen LogP contribution < -0.4 is 10.6 Å². The molecule has 2 nitrogen and oxygen atoms in total. The largest absolute Gasteiger partial charge is 0.399 e.